The summed E-state index contributed by atoms with van der Waals surface area (Å²) in [4.78, 5) is 32.3. The first kappa shape index (κ1) is 20.6. The first-order valence-corrected chi connectivity index (χ1v) is 7.67. The van der Waals surface area contributed by atoms with Crippen molar-refractivity contribution in [2.24, 2.45) is 10.8 Å². The van der Waals surface area contributed by atoms with Crippen molar-refractivity contribution in [3.63, 3.8) is 0 Å². The standard InChI is InChI=1S/C16H28O6/c1-7-15(5,8-2)11(13(17)21-19)12(14(18)22-20)16(6,9-3)10-4/h19-20H,7-10H2,1-6H3/b12-11+. The molecular weight excluding hydrogens is 288 g/mol. The van der Waals surface area contributed by atoms with E-state index in [1.165, 1.54) is 0 Å². The lowest BCUT2D eigenvalue weighted by atomic mass is 9.67. The fraction of sp³-hybridized carbons (Fsp3) is 0.750. The fourth-order valence-corrected chi connectivity index (χ4v) is 2.60. The summed E-state index contributed by atoms with van der Waals surface area (Å²) in [6.45, 7) is 11.2. The van der Waals surface area contributed by atoms with Crippen LogP contribution in [0.3, 0.4) is 0 Å². The maximum Gasteiger partial charge on any atom is 0.369 e. The highest BCUT2D eigenvalue weighted by Crippen LogP contribution is 2.45. The molecule has 0 saturated heterocycles. The first-order valence-electron chi connectivity index (χ1n) is 7.67. The zero-order valence-corrected chi connectivity index (χ0v) is 14.4. The van der Waals surface area contributed by atoms with Crippen molar-refractivity contribution in [1.29, 1.82) is 0 Å². The van der Waals surface area contributed by atoms with Crippen LogP contribution in [-0.2, 0) is 19.4 Å². The van der Waals surface area contributed by atoms with E-state index in [1.54, 1.807) is 0 Å². The SMILES string of the molecule is CCC(C)(CC)/C(C(=O)OO)=C(\C(=O)OO)C(C)(CC)CC. The van der Waals surface area contributed by atoms with Crippen molar-refractivity contribution in [3.05, 3.63) is 11.1 Å². The average Bonchev–Trinajstić information content (AvgIpc) is 2.56. The molecule has 22 heavy (non-hydrogen) atoms. The van der Waals surface area contributed by atoms with E-state index in [4.69, 9.17) is 10.5 Å². The maximum absolute atomic E-state index is 12.2. The minimum absolute atomic E-state index is 0.0604. The van der Waals surface area contributed by atoms with E-state index >= 15 is 0 Å². The van der Waals surface area contributed by atoms with Gasteiger partial charge < -0.3 is 0 Å². The van der Waals surface area contributed by atoms with Gasteiger partial charge in [0.15, 0.2) is 0 Å². The number of carbonyl (C=O) groups is 2. The van der Waals surface area contributed by atoms with Crippen molar-refractivity contribution in [1.82, 2.24) is 0 Å². The molecule has 128 valence electrons. The maximum atomic E-state index is 12.2. The molecule has 0 amide bonds. The number of hydrogen-bond donors (Lipinski definition) is 2. The Morgan fingerprint density at radius 1 is 0.727 bits per heavy atom. The van der Waals surface area contributed by atoms with E-state index in [-0.39, 0.29) is 11.1 Å². The minimum atomic E-state index is -0.986. The Kier molecular flexibility index (Phi) is 7.76. The van der Waals surface area contributed by atoms with Gasteiger partial charge in [0, 0.05) is 0 Å². The van der Waals surface area contributed by atoms with Crippen LogP contribution >= 0.6 is 0 Å². The van der Waals surface area contributed by atoms with Gasteiger partial charge in [-0.1, -0.05) is 41.5 Å². The van der Waals surface area contributed by atoms with Gasteiger partial charge in [0.05, 0.1) is 11.1 Å². The molecule has 0 fully saturated rings. The van der Waals surface area contributed by atoms with Crippen LogP contribution in [0.5, 0.6) is 0 Å². The Bertz CT molecular complexity index is 390. The summed E-state index contributed by atoms with van der Waals surface area (Å²) in [5.41, 5.74) is -1.25. The molecule has 0 aromatic heterocycles. The van der Waals surface area contributed by atoms with E-state index in [0.29, 0.717) is 25.7 Å². The lowest BCUT2D eigenvalue weighted by Crippen LogP contribution is -2.34. The summed E-state index contributed by atoms with van der Waals surface area (Å²) in [7, 11) is 0. The molecule has 6 nitrogen and oxygen atoms in total. The summed E-state index contributed by atoms with van der Waals surface area (Å²) in [5.74, 6) is -1.97. The van der Waals surface area contributed by atoms with E-state index in [0.717, 1.165) is 0 Å². The van der Waals surface area contributed by atoms with E-state index in [9.17, 15) is 9.59 Å². The Balaban J connectivity index is 6.73. The summed E-state index contributed by atoms with van der Waals surface area (Å²) in [5, 5.41) is 17.8. The van der Waals surface area contributed by atoms with Gasteiger partial charge in [-0.3, -0.25) is 9.78 Å². The highest BCUT2D eigenvalue weighted by atomic mass is 17.1. The molecule has 2 N–H and O–H groups in total. The van der Waals surface area contributed by atoms with Gasteiger partial charge in [0.2, 0.25) is 0 Å². The average molecular weight is 316 g/mol. The van der Waals surface area contributed by atoms with Gasteiger partial charge in [-0.2, -0.15) is 10.5 Å². The molecular formula is C16H28O6. The van der Waals surface area contributed by atoms with Crippen LogP contribution in [0.2, 0.25) is 0 Å². The zero-order valence-electron chi connectivity index (χ0n) is 14.4. The Morgan fingerprint density at radius 2 is 0.955 bits per heavy atom. The van der Waals surface area contributed by atoms with E-state index in [1.807, 2.05) is 41.5 Å². The van der Waals surface area contributed by atoms with Crippen LogP contribution < -0.4 is 0 Å². The lowest BCUT2D eigenvalue weighted by molar-refractivity contribution is -0.234. The van der Waals surface area contributed by atoms with Gasteiger partial charge in [-0.05, 0) is 36.5 Å². The van der Waals surface area contributed by atoms with E-state index < -0.39 is 22.8 Å². The quantitative estimate of drug-likeness (QED) is 0.400. The third-order valence-corrected chi connectivity index (χ3v) is 5.15. The first-order chi connectivity index (χ1) is 10.2. The van der Waals surface area contributed by atoms with Crippen molar-refractivity contribution in [2.45, 2.75) is 67.2 Å². The molecule has 0 bridgehead atoms. The molecule has 0 spiro atoms. The van der Waals surface area contributed by atoms with Gasteiger partial charge >= 0.3 is 11.9 Å². The fourth-order valence-electron chi connectivity index (χ4n) is 2.60. The van der Waals surface area contributed by atoms with Gasteiger partial charge in [0.25, 0.3) is 0 Å². The Labute approximate surface area is 132 Å². The second-order valence-electron chi connectivity index (χ2n) is 6.04. The van der Waals surface area contributed by atoms with Crippen molar-refractivity contribution in [3.8, 4) is 0 Å². The summed E-state index contributed by atoms with van der Waals surface area (Å²) in [6.07, 6.45) is 2.22. The van der Waals surface area contributed by atoms with Gasteiger partial charge in [0.1, 0.15) is 0 Å². The topological polar surface area (TPSA) is 93.1 Å². The van der Waals surface area contributed by atoms with Crippen LogP contribution in [0.15, 0.2) is 11.1 Å². The van der Waals surface area contributed by atoms with Crippen LogP contribution in [0.25, 0.3) is 0 Å². The second kappa shape index (κ2) is 8.29. The smallest absolute Gasteiger partial charge is 0.296 e. The highest BCUT2D eigenvalue weighted by molar-refractivity contribution is 6.01. The molecule has 0 atom stereocenters. The zero-order chi connectivity index (χ0) is 17.6. The lowest BCUT2D eigenvalue weighted by Gasteiger charge is -2.36. The number of rotatable bonds is 8. The molecule has 0 aliphatic rings. The van der Waals surface area contributed by atoms with Crippen LogP contribution in [0, 0.1) is 10.8 Å². The van der Waals surface area contributed by atoms with Gasteiger partial charge in [-0.25, -0.2) is 9.59 Å². The highest BCUT2D eigenvalue weighted by Gasteiger charge is 2.43. The Hall–Kier alpha value is -1.40. The summed E-state index contributed by atoms with van der Waals surface area (Å²) < 4.78 is 0. The largest absolute Gasteiger partial charge is 0.369 e. The molecule has 0 heterocycles. The monoisotopic (exact) mass is 316 g/mol. The third-order valence-electron chi connectivity index (χ3n) is 5.15. The molecule has 0 radical (unpaired) electrons. The molecule has 6 heteroatoms. The molecule has 0 unspecified atom stereocenters. The number of hydrogen-bond acceptors (Lipinski definition) is 6. The molecule has 0 aliphatic carbocycles. The molecule has 0 aliphatic heterocycles. The summed E-state index contributed by atoms with van der Waals surface area (Å²) in [6, 6.07) is 0. The number of carbonyl (C=O) groups excluding carboxylic acids is 2. The van der Waals surface area contributed by atoms with Crippen molar-refractivity contribution in [2.75, 3.05) is 0 Å². The van der Waals surface area contributed by atoms with Crippen LogP contribution in [-0.4, -0.2) is 22.5 Å². The molecule has 0 aromatic rings. The predicted octanol–water partition coefficient (Wildman–Crippen LogP) is 3.97. The predicted molar refractivity (Wildman–Crippen MR) is 81.8 cm³/mol. The molecule has 0 rings (SSSR count). The third kappa shape index (κ3) is 3.87. The summed E-state index contributed by atoms with van der Waals surface area (Å²) >= 11 is 0. The van der Waals surface area contributed by atoms with E-state index in [2.05, 4.69) is 9.78 Å². The van der Waals surface area contributed by atoms with Crippen LogP contribution in [0.1, 0.15) is 67.2 Å². The van der Waals surface area contributed by atoms with Gasteiger partial charge in [-0.15, -0.1) is 0 Å². The van der Waals surface area contributed by atoms with Crippen molar-refractivity contribution < 1.29 is 29.9 Å². The Morgan fingerprint density at radius 3 is 1.09 bits per heavy atom. The second-order valence-corrected chi connectivity index (χ2v) is 6.04. The molecule has 0 aromatic carbocycles. The molecule has 0 saturated carbocycles. The van der Waals surface area contributed by atoms with Crippen LogP contribution in [0.4, 0.5) is 0 Å². The normalized spacial score (nSPS) is 13.5. The van der Waals surface area contributed by atoms with Crippen molar-refractivity contribution >= 4 is 11.9 Å². The minimum Gasteiger partial charge on any atom is -0.296 e.